The highest BCUT2D eigenvalue weighted by atomic mass is 16.5. The van der Waals surface area contributed by atoms with E-state index in [-0.39, 0.29) is 11.3 Å². The molecule has 0 aromatic heterocycles. The molecule has 3 fully saturated rings. The summed E-state index contributed by atoms with van der Waals surface area (Å²) in [7, 11) is 2.91. The number of fused-ring (bicyclic) bond motifs is 3. The number of Topliss-reactive ketones (excluding diaryl/α,β-unsaturated/α-hetero) is 4. The van der Waals surface area contributed by atoms with E-state index >= 15 is 0 Å². The van der Waals surface area contributed by atoms with E-state index in [2.05, 4.69) is 0 Å². The number of rotatable bonds is 3. The number of nitrogens with two attached hydrogens (primary N) is 1. The zero-order chi connectivity index (χ0) is 27.8. The van der Waals surface area contributed by atoms with E-state index in [0.717, 1.165) is 0 Å². The lowest BCUT2D eigenvalue weighted by Crippen LogP contribution is -2.77. The summed E-state index contributed by atoms with van der Waals surface area (Å²) in [5.41, 5.74) is 3.00. The summed E-state index contributed by atoms with van der Waals surface area (Å²) in [6, 6.07) is 1.95. The summed E-state index contributed by atoms with van der Waals surface area (Å²) in [4.78, 5) is 69.7. The second-order valence-corrected chi connectivity index (χ2v) is 10.9. The fourth-order valence-electron chi connectivity index (χ4n) is 7.04. The van der Waals surface area contributed by atoms with Crippen LogP contribution in [-0.4, -0.2) is 107 Å². The number of aliphatic hydroxyl groups excluding tert-OH is 1. The normalized spacial score (nSPS) is 37.1. The van der Waals surface area contributed by atoms with E-state index in [9.17, 15) is 39.3 Å². The second kappa shape index (κ2) is 8.94. The Morgan fingerprint density at radius 3 is 2.34 bits per heavy atom. The van der Waals surface area contributed by atoms with Crippen molar-refractivity contribution in [1.82, 2.24) is 4.90 Å². The van der Waals surface area contributed by atoms with Crippen molar-refractivity contribution in [3.8, 4) is 5.75 Å². The highest BCUT2D eigenvalue weighted by molar-refractivity contribution is 6.32. The number of likely N-dealkylation sites (N-methyl/N-ethyl adjacent to an activating group) is 1. The van der Waals surface area contributed by atoms with Crippen LogP contribution in [0.15, 0.2) is 12.1 Å². The summed E-state index contributed by atoms with van der Waals surface area (Å²) in [6.45, 7) is 3.49. The van der Waals surface area contributed by atoms with Crippen LogP contribution in [0.2, 0.25) is 0 Å². The number of amides is 1. The third-order valence-electron chi connectivity index (χ3n) is 8.82. The van der Waals surface area contributed by atoms with Gasteiger partial charge in [0.05, 0.1) is 48.4 Å². The summed E-state index contributed by atoms with van der Waals surface area (Å²) in [6.07, 6.45) is -1.65. The van der Waals surface area contributed by atoms with Crippen molar-refractivity contribution in [3.05, 3.63) is 23.3 Å². The van der Waals surface area contributed by atoms with Crippen LogP contribution >= 0.6 is 0 Å². The molecule has 8 atom stereocenters. The number of hydrogen-bond donors (Lipinski definition) is 4. The lowest BCUT2D eigenvalue weighted by atomic mass is 9.49. The zero-order valence-electron chi connectivity index (χ0n) is 21.3. The molecule has 1 aliphatic heterocycles. The smallest absolute Gasteiger partial charge is 0.235 e. The first-order valence-corrected chi connectivity index (χ1v) is 12.6. The molecule has 12 nitrogen and oxygen atoms in total. The minimum atomic E-state index is -3.01. The zero-order valence-corrected chi connectivity index (χ0v) is 21.3. The van der Waals surface area contributed by atoms with Gasteiger partial charge in [-0.3, -0.25) is 28.9 Å². The molecule has 0 bridgehead atoms. The summed E-state index contributed by atoms with van der Waals surface area (Å²) in [5.74, 6) is -13.2. The van der Waals surface area contributed by atoms with Crippen LogP contribution < -0.4 is 10.6 Å². The Bertz CT molecular complexity index is 1260. The molecule has 38 heavy (non-hydrogen) atoms. The van der Waals surface area contributed by atoms with E-state index in [1.807, 2.05) is 4.90 Å². The third-order valence-corrected chi connectivity index (χ3v) is 8.82. The number of primary amides is 1. The van der Waals surface area contributed by atoms with Gasteiger partial charge in [0.2, 0.25) is 5.91 Å². The van der Waals surface area contributed by atoms with Crippen LogP contribution in [-0.2, 0) is 23.9 Å². The fraction of sp³-hybridized carbons (Fsp3) is 0.577. The van der Waals surface area contributed by atoms with Crippen LogP contribution in [0.5, 0.6) is 5.75 Å². The third kappa shape index (κ3) is 3.33. The van der Waals surface area contributed by atoms with Gasteiger partial charge in [-0.2, -0.15) is 0 Å². The largest absolute Gasteiger partial charge is 0.505 e. The molecule has 2 saturated carbocycles. The van der Waals surface area contributed by atoms with Crippen LogP contribution in [0, 0.1) is 23.7 Å². The molecule has 5 N–H and O–H groups in total. The Kier molecular flexibility index (Phi) is 6.21. The maximum Gasteiger partial charge on any atom is 0.235 e. The van der Waals surface area contributed by atoms with Crippen molar-refractivity contribution in [3.63, 3.8) is 0 Å². The molecule has 5 rings (SSSR count). The van der Waals surface area contributed by atoms with Crippen molar-refractivity contribution in [1.29, 1.82) is 0 Å². The Hall–Kier alpha value is -3.19. The number of benzene rings is 1. The topological polar surface area (TPSA) is 188 Å². The molecular formula is C26H31N3O9. The number of carbonyl (C=O) groups excluding carboxylic acids is 5. The number of hydrogen-bond acceptors (Lipinski definition) is 11. The van der Waals surface area contributed by atoms with E-state index in [1.54, 1.807) is 19.1 Å². The molecule has 0 radical (unpaired) electrons. The molecule has 1 saturated heterocycles. The molecule has 1 aromatic carbocycles. The number of ketones is 4. The molecule has 8 unspecified atom stereocenters. The number of anilines is 1. The van der Waals surface area contributed by atoms with Crippen molar-refractivity contribution in [2.24, 2.45) is 29.4 Å². The summed E-state index contributed by atoms with van der Waals surface area (Å²) < 4.78 is 5.36. The molecule has 3 aliphatic carbocycles. The Labute approximate surface area is 218 Å². The van der Waals surface area contributed by atoms with E-state index < -0.39 is 76.4 Å². The number of aromatic hydroxyl groups is 1. The minimum Gasteiger partial charge on any atom is -0.505 e. The second-order valence-electron chi connectivity index (χ2n) is 10.9. The predicted octanol–water partition coefficient (Wildman–Crippen LogP) is -1.76. The molecule has 0 spiro atoms. The van der Waals surface area contributed by atoms with E-state index in [4.69, 9.17) is 10.5 Å². The molecular weight excluding hydrogens is 498 g/mol. The lowest BCUT2D eigenvalue weighted by Gasteiger charge is -2.56. The van der Waals surface area contributed by atoms with Crippen LogP contribution in [0.4, 0.5) is 5.69 Å². The number of morpholine rings is 1. The number of carbonyl (C=O) groups is 5. The SMILES string of the molecule is CC1c2ccc(N3CCOCC3)c(O)c2C(=O)C2C(=O)C3(O)C(=O)C(C(N)=O)C(=O)C(N(C)C)C3C(O)C21. The predicted molar refractivity (Wildman–Crippen MR) is 130 cm³/mol. The first kappa shape index (κ1) is 26.4. The van der Waals surface area contributed by atoms with Gasteiger partial charge in [0, 0.05) is 19.0 Å². The Balaban J connectivity index is 1.67. The van der Waals surface area contributed by atoms with Gasteiger partial charge >= 0.3 is 0 Å². The van der Waals surface area contributed by atoms with E-state index in [1.165, 1.54) is 19.0 Å². The molecule has 12 heteroatoms. The Morgan fingerprint density at radius 1 is 1.13 bits per heavy atom. The number of aliphatic hydroxyl groups is 2. The summed E-state index contributed by atoms with van der Waals surface area (Å²) >= 11 is 0. The molecule has 1 heterocycles. The lowest BCUT2D eigenvalue weighted by molar-refractivity contribution is -0.196. The van der Waals surface area contributed by atoms with Gasteiger partial charge in [-0.05, 0) is 31.6 Å². The molecule has 1 amide bonds. The van der Waals surface area contributed by atoms with Gasteiger partial charge in [0.25, 0.3) is 0 Å². The monoisotopic (exact) mass is 529 g/mol. The quantitative estimate of drug-likeness (QED) is 0.325. The first-order valence-electron chi connectivity index (χ1n) is 12.6. The van der Waals surface area contributed by atoms with Crippen molar-refractivity contribution >= 4 is 34.7 Å². The Morgan fingerprint density at radius 2 is 1.76 bits per heavy atom. The first-order chi connectivity index (χ1) is 17.8. The number of nitrogens with zero attached hydrogens (tertiary/aromatic N) is 2. The van der Waals surface area contributed by atoms with Gasteiger partial charge in [-0.15, -0.1) is 0 Å². The van der Waals surface area contributed by atoms with Gasteiger partial charge < -0.3 is 30.7 Å². The van der Waals surface area contributed by atoms with Crippen LogP contribution in [0.3, 0.4) is 0 Å². The van der Waals surface area contributed by atoms with Gasteiger partial charge in [0.1, 0.15) is 5.75 Å². The molecule has 204 valence electrons. The van der Waals surface area contributed by atoms with Gasteiger partial charge in [-0.1, -0.05) is 13.0 Å². The highest BCUT2D eigenvalue weighted by Crippen LogP contribution is 2.55. The van der Waals surface area contributed by atoms with Gasteiger partial charge in [0.15, 0.2) is 34.7 Å². The average Bonchev–Trinajstić information content (AvgIpc) is 2.86. The average molecular weight is 530 g/mol. The van der Waals surface area contributed by atoms with Crippen molar-refractivity contribution < 1.29 is 44.0 Å². The fourth-order valence-corrected chi connectivity index (χ4v) is 7.04. The minimum absolute atomic E-state index is 0.111. The van der Waals surface area contributed by atoms with Crippen molar-refractivity contribution in [2.75, 3.05) is 45.3 Å². The molecule has 1 aromatic rings. The van der Waals surface area contributed by atoms with Gasteiger partial charge in [-0.25, -0.2) is 0 Å². The van der Waals surface area contributed by atoms with Crippen molar-refractivity contribution in [2.45, 2.75) is 30.6 Å². The molecule has 4 aliphatic rings. The highest BCUT2D eigenvalue weighted by Gasteiger charge is 2.72. The van der Waals surface area contributed by atoms with Crippen LogP contribution in [0.1, 0.15) is 28.8 Å². The van der Waals surface area contributed by atoms with E-state index in [0.29, 0.717) is 37.6 Å². The number of phenols is 1. The van der Waals surface area contributed by atoms with Crippen LogP contribution in [0.25, 0.3) is 0 Å². The standard InChI is InChI=1S/C26H31N3O9/c1-10-11-4-5-12(29-6-8-38-9-7-29)19(30)14(11)20(31)15-13(10)21(32)17-18(28(2)3)22(33)16(25(27)36)24(35)26(17,37)23(15)34/h4-5,10,13,15-18,21,30,32,37H,6-9H2,1-3H3,(H2,27,36). The maximum atomic E-state index is 14.0. The number of ether oxygens (including phenoxy) is 1. The summed E-state index contributed by atoms with van der Waals surface area (Å²) in [5, 5.41) is 34.5. The number of phenolic OH excluding ortho intramolecular Hbond substituents is 1. The maximum absolute atomic E-state index is 14.0.